The minimum absolute atomic E-state index is 0.00390. The van der Waals surface area contributed by atoms with Gasteiger partial charge in [-0.15, -0.1) is 0 Å². The smallest absolute Gasteiger partial charge is 0.321 e. The van der Waals surface area contributed by atoms with E-state index in [1.165, 1.54) is 30.4 Å². The van der Waals surface area contributed by atoms with Crippen molar-refractivity contribution in [3.8, 4) is 5.75 Å². The lowest BCUT2D eigenvalue weighted by atomic mass is 9.95. The number of benzene rings is 2. The zero-order valence-corrected chi connectivity index (χ0v) is 16.3. The van der Waals surface area contributed by atoms with E-state index in [0.717, 1.165) is 44.7 Å². The van der Waals surface area contributed by atoms with Gasteiger partial charge in [0.2, 0.25) is 0 Å². The number of amides is 2. The fourth-order valence-electron chi connectivity index (χ4n) is 4.37. The Hall–Kier alpha value is -2.53. The van der Waals surface area contributed by atoms with E-state index in [9.17, 15) is 9.90 Å². The summed E-state index contributed by atoms with van der Waals surface area (Å²) in [5.41, 5.74) is 3.48. The maximum atomic E-state index is 11.8. The Bertz CT molecular complexity index is 806. The third kappa shape index (κ3) is 4.47. The fourth-order valence-corrected chi connectivity index (χ4v) is 4.37. The Kier molecular flexibility index (Phi) is 5.81. The highest BCUT2D eigenvalue weighted by Crippen LogP contribution is 2.25. The number of carbonyl (C=O) groups excluding carboxylic acids is 1. The number of nitrogens with zero attached hydrogens (tertiary/aromatic N) is 2. The first kappa shape index (κ1) is 18.8. The molecule has 1 atom stereocenters. The molecule has 148 valence electrons. The molecule has 0 aliphatic carbocycles. The molecule has 0 bridgehead atoms. The van der Waals surface area contributed by atoms with Crippen LogP contribution in [0, 0.1) is 0 Å². The number of hydrogen-bond donors (Lipinski definition) is 2. The van der Waals surface area contributed by atoms with Gasteiger partial charge in [0, 0.05) is 31.4 Å². The van der Waals surface area contributed by atoms with Crippen molar-refractivity contribution >= 4 is 11.7 Å². The number of rotatable bonds is 6. The fraction of sp³-hybridized carbons (Fsp3) is 0.435. The van der Waals surface area contributed by atoms with Crippen LogP contribution in [0.4, 0.5) is 10.5 Å². The molecule has 2 saturated heterocycles. The predicted molar refractivity (Wildman–Crippen MR) is 112 cm³/mol. The first-order chi connectivity index (χ1) is 13.7. The number of piperidine rings is 1. The summed E-state index contributed by atoms with van der Waals surface area (Å²) in [6.45, 7) is 3.55. The number of carbonyl (C=O) groups is 1. The molecule has 2 aliphatic rings. The van der Waals surface area contributed by atoms with E-state index in [1.54, 1.807) is 11.0 Å². The summed E-state index contributed by atoms with van der Waals surface area (Å²) in [6.07, 6.45) is 5.91. The third-order valence-electron chi connectivity index (χ3n) is 5.92. The Labute approximate surface area is 167 Å². The Morgan fingerprint density at radius 2 is 1.89 bits per heavy atom. The van der Waals surface area contributed by atoms with Crippen LogP contribution in [0.3, 0.4) is 0 Å². The number of phenols is 1. The van der Waals surface area contributed by atoms with Crippen LogP contribution >= 0.6 is 0 Å². The standard InChI is InChI=1S/C23H29N3O2/c27-22-6-3-4-18(16-22)7-10-20-5-1-2-14-25(20)17-19-8-11-21(12-9-19)26-15-13-24-23(26)28/h3-4,6,8-9,11-12,16,20,27H,1-2,5,7,10,13-15,17H2,(H,24,28). The van der Waals surface area contributed by atoms with Gasteiger partial charge in [0.05, 0.1) is 0 Å². The summed E-state index contributed by atoms with van der Waals surface area (Å²) >= 11 is 0. The molecule has 0 radical (unpaired) electrons. The van der Waals surface area contributed by atoms with Crippen LogP contribution in [0.25, 0.3) is 0 Å². The van der Waals surface area contributed by atoms with Crippen molar-refractivity contribution in [3.05, 3.63) is 59.7 Å². The highest BCUT2D eigenvalue weighted by atomic mass is 16.3. The number of anilines is 1. The number of likely N-dealkylation sites (tertiary alicyclic amines) is 1. The Morgan fingerprint density at radius 3 is 2.64 bits per heavy atom. The molecule has 1 unspecified atom stereocenters. The average molecular weight is 380 g/mol. The average Bonchev–Trinajstić information content (AvgIpc) is 3.14. The first-order valence-corrected chi connectivity index (χ1v) is 10.4. The molecule has 2 amide bonds. The van der Waals surface area contributed by atoms with E-state index in [0.29, 0.717) is 11.8 Å². The van der Waals surface area contributed by atoms with Gasteiger partial charge in [0.1, 0.15) is 5.75 Å². The lowest BCUT2D eigenvalue weighted by Gasteiger charge is -2.36. The SMILES string of the molecule is O=C1NCCN1c1ccc(CN2CCCCC2CCc2cccc(O)c2)cc1. The monoisotopic (exact) mass is 379 g/mol. The largest absolute Gasteiger partial charge is 0.508 e. The van der Waals surface area contributed by atoms with Crippen molar-refractivity contribution in [1.29, 1.82) is 0 Å². The van der Waals surface area contributed by atoms with Crippen molar-refractivity contribution < 1.29 is 9.90 Å². The lowest BCUT2D eigenvalue weighted by molar-refractivity contribution is 0.132. The van der Waals surface area contributed by atoms with E-state index in [2.05, 4.69) is 40.5 Å². The second-order valence-electron chi connectivity index (χ2n) is 7.88. The molecule has 2 aromatic carbocycles. The maximum absolute atomic E-state index is 11.8. The van der Waals surface area contributed by atoms with Gasteiger partial charge in [-0.1, -0.05) is 30.7 Å². The maximum Gasteiger partial charge on any atom is 0.321 e. The molecule has 0 aromatic heterocycles. The van der Waals surface area contributed by atoms with Gasteiger partial charge < -0.3 is 10.4 Å². The molecule has 2 N–H and O–H groups in total. The van der Waals surface area contributed by atoms with Crippen molar-refractivity contribution in [2.75, 3.05) is 24.5 Å². The van der Waals surface area contributed by atoms with E-state index in [4.69, 9.17) is 0 Å². The van der Waals surface area contributed by atoms with Crippen LogP contribution in [-0.2, 0) is 13.0 Å². The summed E-state index contributed by atoms with van der Waals surface area (Å²) < 4.78 is 0. The van der Waals surface area contributed by atoms with Gasteiger partial charge >= 0.3 is 6.03 Å². The molecule has 2 fully saturated rings. The summed E-state index contributed by atoms with van der Waals surface area (Å²) in [4.78, 5) is 16.2. The van der Waals surface area contributed by atoms with Crippen molar-refractivity contribution in [1.82, 2.24) is 10.2 Å². The second-order valence-corrected chi connectivity index (χ2v) is 7.88. The van der Waals surface area contributed by atoms with Gasteiger partial charge in [0.25, 0.3) is 0 Å². The molecule has 5 nitrogen and oxygen atoms in total. The number of hydrogen-bond acceptors (Lipinski definition) is 3. The Morgan fingerprint density at radius 1 is 1.04 bits per heavy atom. The molecule has 2 aliphatic heterocycles. The number of aromatic hydroxyl groups is 1. The highest BCUT2D eigenvalue weighted by Gasteiger charge is 2.23. The molecular weight excluding hydrogens is 350 g/mol. The normalized spacial score (nSPS) is 20.4. The molecule has 4 rings (SSSR count). The van der Waals surface area contributed by atoms with Crippen molar-refractivity contribution in [2.45, 2.75) is 44.7 Å². The van der Waals surface area contributed by atoms with Crippen molar-refractivity contribution in [2.24, 2.45) is 0 Å². The summed E-state index contributed by atoms with van der Waals surface area (Å²) in [5.74, 6) is 0.352. The predicted octanol–water partition coefficient (Wildman–Crippen LogP) is 3.91. The topological polar surface area (TPSA) is 55.8 Å². The molecule has 0 saturated carbocycles. The van der Waals surface area contributed by atoms with Crippen LogP contribution in [0.2, 0.25) is 0 Å². The molecule has 0 spiro atoms. The zero-order valence-electron chi connectivity index (χ0n) is 16.3. The van der Waals surface area contributed by atoms with Gasteiger partial charge in [0.15, 0.2) is 0 Å². The van der Waals surface area contributed by atoms with E-state index in [-0.39, 0.29) is 6.03 Å². The second kappa shape index (κ2) is 8.65. The molecule has 5 heteroatoms. The van der Waals surface area contributed by atoms with E-state index in [1.807, 2.05) is 12.1 Å². The van der Waals surface area contributed by atoms with E-state index >= 15 is 0 Å². The minimum Gasteiger partial charge on any atom is -0.508 e. The highest BCUT2D eigenvalue weighted by molar-refractivity contribution is 5.93. The molecule has 2 aromatic rings. The third-order valence-corrected chi connectivity index (χ3v) is 5.92. The molecular formula is C23H29N3O2. The van der Waals surface area contributed by atoms with Crippen LogP contribution in [-0.4, -0.2) is 41.7 Å². The lowest BCUT2D eigenvalue weighted by Crippen LogP contribution is -2.39. The van der Waals surface area contributed by atoms with Crippen LogP contribution in [0.5, 0.6) is 5.75 Å². The van der Waals surface area contributed by atoms with Gasteiger partial charge in [-0.3, -0.25) is 9.80 Å². The zero-order chi connectivity index (χ0) is 19.3. The van der Waals surface area contributed by atoms with Gasteiger partial charge in [-0.2, -0.15) is 0 Å². The minimum atomic E-state index is -0.00390. The number of phenolic OH excluding ortho intramolecular Hbond substituents is 1. The summed E-state index contributed by atoms with van der Waals surface area (Å²) in [6, 6.07) is 16.6. The molecule has 28 heavy (non-hydrogen) atoms. The van der Waals surface area contributed by atoms with Crippen LogP contribution in [0.1, 0.15) is 36.8 Å². The summed E-state index contributed by atoms with van der Waals surface area (Å²) in [5, 5.41) is 12.5. The van der Waals surface area contributed by atoms with Crippen LogP contribution in [0.15, 0.2) is 48.5 Å². The Balaban J connectivity index is 1.37. The van der Waals surface area contributed by atoms with Crippen LogP contribution < -0.4 is 10.2 Å². The number of urea groups is 1. The van der Waals surface area contributed by atoms with Gasteiger partial charge in [-0.25, -0.2) is 4.79 Å². The number of nitrogens with one attached hydrogen (secondary N) is 1. The van der Waals surface area contributed by atoms with Gasteiger partial charge in [-0.05, 0) is 67.6 Å². The first-order valence-electron chi connectivity index (χ1n) is 10.4. The van der Waals surface area contributed by atoms with E-state index < -0.39 is 0 Å². The number of aryl methyl sites for hydroxylation is 1. The molecule has 2 heterocycles. The van der Waals surface area contributed by atoms with Crippen molar-refractivity contribution in [3.63, 3.8) is 0 Å². The quantitative estimate of drug-likeness (QED) is 0.800. The summed E-state index contributed by atoms with van der Waals surface area (Å²) in [7, 11) is 0.